The summed E-state index contributed by atoms with van der Waals surface area (Å²) in [6.07, 6.45) is 4.53. The average molecular weight is 427 g/mol. The Morgan fingerprint density at radius 3 is 2.64 bits per heavy atom. The largest absolute Gasteiger partial charge is 0.495 e. The number of hydrogen-bond donors (Lipinski definition) is 1. The maximum absolute atomic E-state index is 12.8. The number of aromatic nitrogens is 2. The number of aryl methyl sites for hydroxylation is 1. The highest BCUT2D eigenvalue weighted by Crippen LogP contribution is 2.30. The number of piperidine rings is 1. The Labute approximate surface area is 169 Å². The van der Waals surface area contributed by atoms with Crippen LogP contribution in [0.3, 0.4) is 0 Å². The van der Waals surface area contributed by atoms with E-state index in [9.17, 15) is 13.2 Å². The van der Waals surface area contributed by atoms with Crippen LogP contribution in [0, 0.1) is 5.92 Å². The van der Waals surface area contributed by atoms with Crippen LogP contribution in [0.25, 0.3) is 0 Å². The highest BCUT2D eigenvalue weighted by Gasteiger charge is 2.30. The summed E-state index contributed by atoms with van der Waals surface area (Å²) in [5.74, 6) is 0.492. The first-order valence-corrected chi connectivity index (χ1v) is 10.7. The van der Waals surface area contributed by atoms with Crippen LogP contribution >= 0.6 is 11.6 Å². The van der Waals surface area contributed by atoms with Crippen molar-refractivity contribution in [2.45, 2.75) is 17.7 Å². The fourth-order valence-corrected chi connectivity index (χ4v) is 5.01. The van der Waals surface area contributed by atoms with E-state index in [1.807, 2.05) is 0 Å². The van der Waals surface area contributed by atoms with Crippen molar-refractivity contribution in [2.75, 3.05) is 26.7 Å². The molecule has 1 amide bonds. The molecule has 2 heterocycles. The Morgan fingerprint density at radius 2 is 2.07 bits per heavy atom. The minimum atomic E-state index is -3.61. The molecule has 1 aromatic carbocycles. The number of rotatable bonds is 6. The van der Waals surface area contributed by atoms with Crippen LogP contribution in [-0.4, -0.2) is 55.2 Å². The van der Waals surface area contributed by atoms with Gasteiger partial charge in [-0.1, -0.05) is 11.6 Å². The summed E-state index contributed by atoms with van der Waals surface area (Å²) in [5.41, 5.74) is 0.513. The molecule has 1 aliphatic heterocycles. The molecule has 2 aromatic rings. The van der Waals surface area contributed by atoms with E-state index < -0.39 is 10.0 Å². The van der Waals surface area contributed by atoms with Gasteiger partial charge in [0.05, 0.1) is 28.8 Å². The Balaban J connectivity index is 1.55. The molecule has 1 aromatic heterocycles. The van der Waals surface area contributed by atoms with Gasteiger partial charge in [0.2, 0.25) is 10.0 Å². The van der Waals surface area contributed by atoms with Crippen molar-refractivity contribution in [2.24, 2.45) is 13.0 Å². The molecular formula is C18H23ClN4O4S. The first-order valence-electron chi connectivity index (χ1n) is 8.92. The molecule has 3 rings (SSSR count). The number of halogens is 1. The number of nitrogens with zero attached hydrogens (tertiary/aromatic N) is 3. The molecule has 1 saturated heterocycles. The van der Waals surface area contributed by atoms with Gasteiger partial charge in [-0.25, -0.2) is 8.42 Å². The lowest BCUT2D eigenvalue weighted by atomic mass is 9.98. The van der Waals surface area contributed by atoms with E-state index in [4.69, 9.17) is 16.3 Å². The third-order valence-corrected chi connectivity index (χ3v) is 7.04. The number of amides is 1. The number of nitrogens with one attached hydrogen (secondary N) is 1. The molecule has 0 bridgehead atoms. The molecule has 0 atom stereocenters. The van der Waals surface area contributed by atoms with Gasteiger partial charge in [0.1, 0.15) is 5.75 Å². The van der Waals surface area contributed by atoms with Gasteiger partial charge in [-0.2, -0.15) is 9.40 Å². The smallest absolute Gasteiger partial charge is 0.254 e. The van der Waals surface area contributed by atoms with Gasteiger partial charge in [0.25, 0.3) is 5.91 Å². The average Bonchev–Trinajstić information content (AvgIpc) is 3.13. The minimum absolute atomic E-state index is 0.154. The van der Waals surface area contributed by atoms with E-state index >= 15 is 0 Å². The normalized spacial score (nSPS) is 16.1. The Hall–Kier alpha value is -2.10. The molecular weight excluding hydrogens is 404 g/mol. The van der Waals surface area contributed by atoms with Gasteiger partial charge in [0, 0.05) is 32.9 Å². The lowest BCUT2D eigenvalue weighted by Gasteiger charge is -2.31. The van der Waals surface area contributed by atoms with E-state index in [1.165, 1.54) is 29.7 Å². The fraction of sp³-hybridized carbons (Fsp3) is 0.444. The van der Waals surface area contributed by atoms with Crippen molar-refractivity contribution >= 4 is 27.5 Å². The molecule has 8 nitrogen and oxygen atoms in total. The van der Waals surface area contributed by atoms with Crippen molar-refractivity contribution in [1.29, 1.82) is 0 Å². The van der Waals surface area contributed by atoms with E-state index in [0.717, 1.165) is 0 Å². The molecule has 0 radical (unpaired) electrons. The van der Waals surface area contributed by atoms with E-state index in [0.29, 0.717) is 43.8 Å². The topological polar surface area (TPSA) is 93.5 Å². The number of carbonyl (C=O) groups is 1. The summed E-state index contributed by atoms with van der Waals surface area (Å²) < 4.78 is 33.8. The van der Waals surface area contributed by atoms with E-state index in [-0.39, 0.29) is 21.7 Å². The second kappa shape index (κ2) is 8.50. The number of methoxy groups -OCH3 is 1. The molecule has 1 fully saturated rings. The zero-order chi connectivity index (χ0) is 20.3. The number of benzene rings is 1. The molecule has 1 N–H and O–H groups in total. The van der Waals surface area contributed by atoms with Gasteiger partial charge < -0.3 is 10.1 Å². The van der Waals surface area contributed by atoms with Crippen LogP contribution < -0.4 is 10.1 Å². The van der Waals surface area contributed by atoms with Crippen molar-refractivity contribution in [3.63, 3.8) is 0 Å². The van der Waals surface area contributed by atoms with Crippen molar-refractivity contribution in [3.8, 4) is 5.75 Å². The van der Waals surface area contributed by atoms with Crippen molar-refractivity contribution in [3.05, 3.63) is 41.2 Å². The molecule has 1 aliphatic rings. The summed E-state index contributed by atoms with van der Waals surface area (Å²) in [6, 6.07) is 4.46. The van der Waals surface area contributed by atoms with Gasteiger partial charge in [0.15, 0.2) is 0 Å². The highest BCUT2D eigenvalue weighted by atomic mass is 35.5. The molecule has 28 heavy (non-hydrogen) atoms. The fourth-order valence-electron chi connectivity index (χ4n) is 3.19. The summed E-state index contributed by atoms with van der Waals surface area (Å²) in [7, 11) is -0.377. The number of carbonyl (C=O) groups excluding carboxylic acids is 1. The van der Waals surface area contributed by atoms with Gasteiger partial charge in [-0.15, -0.1) is 0 Å². The van der Waals surface area contributed by atoms with Crippen molar-refractivity contribution in [1.82, 2.24) is 19.4 Å². The monoisotopic (exact) mass is 426 g/mol. The molecule has 152 valence electrons. The lowest BCUT2D eigenvalue weighted by molar-refractivity contribution is 0.0941. The predicted molar refractivity (Wildman–Crippen MR) is 105 cm³/mol. The second-order valence-electron chi connectivity index (χ2n) is 6.76. The molecule has 0 aliphatic carbocycles. The molecule has 0 spiro atoms. The van der Waals surface area contributed by atoms with Crippen LogP contribution in [0.1, 0.15) is 23.2 Å². The van der Waals surface area contributed by atoms with Crippen LogP contribution in [0.5, 0.6) is 5.75 Å². The maximum atomic E-state index is 12.8. The third kappa shape index (κ3) is 4.48. The molecule has 0 unspecified atom stereocenters. The Morgan fingerprint density at radius 1 is 1.36 bits per heavy atom. The highest BCUT2D eigenvalue weighted by molar-refractivity contribution is 7.89. The van der Waals surface area contributed by atoms with E-state index in [2.05, 4.69) is 10.4 Å². The quantitative estimate of drug-likeness (QED) is 0.761. The zero-order valence-electron chi connectivity index (χ0n) is 15.8. The standard InChI is InChI=1S/C18H23ClN4O4S/c1-22-12-14(11-21-22)18(24)20-10-13-5-7-23(8-6-13)28(25,26)15-3-4-17(27-2)16(19)9-15/h3-4,9,11-13H,5-8,10H2,1-2H3,(H,20,24). The summed E-state index contributed by atoms with van der Waals surface area (Å²) >= 11 is 6.07. The first kappa shape index (κ1) is 20.6. The predicted octanol–water partition coefficient (Wildman–Crippen LogP) is 1.91. The Bertz CT molecular complexity index is 952. The van der Waals surface area contributed by atoms with Crippen LogP contribution in [0.2, 0.25) is 5.02 Å². The van der Waals surface area contributed by atoms with Crippen LogP contribution in [-0.2, 0) is 17.1 Å². The van der Waals surface area contributed by atoms with Gasteiger partial charge in [-0.05, 0) is 37.0 Å². The lowest BCUT2D eigenvalue weighted by Crippen LogP contribution is -2.41. The SMILES string of the molecule is COc1ccc(S(=O)(=O)N2CCC(CNC(=O)c3cnn(C)c3)CC2)cc1Cl. The maximum Gasteiger partial charge on any atom is 0.254 e. The first-order chi connectivity index (χ1) is 13.3. The summed E-state index contributed by atoms with van der Waals surface area (Å²) in [4.78, 5) is 12.3. The van der Waals surface area contributed by atoms with Crippen LogP contribution in [0.4, 0.5) is 0 Å². The van der Waals surface area contributed by atoms with Gasteiger partial charge >= 0.3 is 0 Å². The molecule has 10 heteroatoms. The van der Waals surface area contributed by atoms with Crippen LogP contribution in [0.15, 0.2) is 35.5 Å². The number of sulfonamides is 1. The zero-order valence-corrected chi connectivity index (χ0v) is 17.3. The summed E-state index contributed by atoms with van der Waals surface area (Å²) in [5, 5.41) is 7.14. The Kier molecular flexibility index (Phi) is 6.26. The molecule has 0 saturated carbocycles. The minimum Gasteiger partial charge on any atom is -0.495 e. The van der Waals surface area contributed by atoms with Crippen molar-refractivity contribution < 1.29 is 17.9 Å². The number of hydrogen-bond acceptors (Lipinski definition) is 5. The summed E-state index contributed by atoms with van der Waals surface area (Å²) in [6.45, 7) is 1.31. The van der Waals surface area contributed by atoms with E-state index in [1.54, 1.807) is 24.0 Å². The third-order valence-electron chi connectivity index (χ3n) is 4.85. The second-order valence-corrected chi connectivity index (χ2v) is 9.10. The van der Waals surface area contributed by atoms with Gasteiger partial charge in [-0.3, -0.25) is 9.48 Å². The number of ether oxygens (including phenoxy) is 1.